The van der Waals surface area contributed by atoms with Gasteiger partial charge in [0, 0.05) is 12.3 Å². The van der Waals surface area contributed by atoms with Crippen molar-refractivity contribution in [1.82, 2.24) is 4.31 Å². The molecular weight excluding hydrogens is 310 g/mol. The van der Waals surface area contributed by atoms with Gasteiger partial charge in [0.05, 0.1) is 4.90 Å². The molecule has 21 heavy (non-hydrogen) atoms. The van der Waals surface area contributed by atoms with E-state index in [2.05, 4.69) is 0 Å². The van der Waals surface area contributed by atoms with Gasteiger partial charge in [-0.2, -0.15) is 4.31 Å². The maximum Gasteiger partial charge on any atom is 0.332 e. The van der Waals surface area contributed by atoms with Crippen molar-refractivity contribution in [2.45, 2.75) is 10.3 Å². The van der Waals surface area contributed by atoms with Gasteiger partial charge in [-0.1, -0.05) is 30.3 Å². The summed E-state index contributed by atoms with van der Waals surface area (Å²) in [6, 6.07) is 12.3. The van der Waals surface area contributed by atoms with Gasteiger partial charge in [0.2, 0.25) is 10.0 Å². The molecule has 1 unspecified atom stereocenters. The molecule has 0 aliphatic carbocycles. The minimum Gasteiger partial charge on any atom is -0.479 e. The van der Waals surface area contributed by atoms with Crippen molar-refractivity contribution in [2.24, 2.45) is 0 Å². The van der Waals surface area contributed by atoms with Gasteiger partial charge in [-0.05, 0) is 22.9 Å². The van der Waals surface area contributed by atoms with Crippen LogP contribution in [0.15, 0.2) is 47.4 Å². The number of benzene rings is 2. The monoisotopic (exact) mass is 323 g/mol. The maximum absolute atomic E-state index is 12.6. The van der Waals surface area contributed by atoms with Crippen LogP contribution in [0, 0.1) is 0 Å². The Morgan fingerprint density at radius 2 is 1.90 bits per heavy atom. The van der Waals surface area contributed by atoms with E-state index in [0.29, 0.717) is 5.75 Å². The number of aliphatic carboxylic acids is 1. The lowest BCUT2D eigenvalue weighted by Crippen LogP contribution is -2.39. The van der Waals surface area contributed by atoms with E-state index in [4.69, 9.17) is 5.11 Å². The molecule has 1 N–H and O–H groups in total. The Morgan fingerprint density at radius 3 is 2.62 bits per heavy atom. The van der Waals surface area contributed by atoms with E-state index in [1.54, 1.807) is 12.1 Å². The predicted molar refractivity (Wildman–Crippen MR) is 81.7 cm³/mol. The van der Waals surface area contributed by atoms with Gasteiger partial charge in [-0.15, -0.1) is 11.8 Å². The Kier molecular flexibility index (Phi) is 3.64. The highest BCUT2D eigenvalue weighted by Crippen LogP contribution is 2.31. The Hall–Kier alpha value is -1.57. The second-order valence-corrected chi connectivity index (χ2v) is 7.76. The molecule has 0 bridgehead atoms. The van der Waals surface area contributed by atoms with Crippen molar-refractivity contribution in [3.05, 3.63) is 42.5 Å². The van der Waals surface area contributed by atoms with E-state index >= 15 is 0 Å². The largest absolute Gasteiger partial charge is 0.479 e. The smallest absolute Gasteiger partial charge is 0.332 e. The van der Waals surface area contributed by atoms with Gasteiger partial charge in [0.15, 0.2) is 5.37 Å². The first-order valence-electron chi connectivity index (χ1n) is 6.35. The summed E-state index contributed by atoms with van der Waals surface area (Å²) < 4.78 is 26.3. The first kappa shape index (κ1) is 14.4. The first-order valence-corrected chi connectivity index (χ1v) is 8.84. The summed E-state index contributed by atoms with van der Waals surface area (Å²) in [6.45, 7) is 0.219. The van der Waals surface area contributed by atoms with Crippen molar-refractivity contribution in [1.29, 1.82) is 0 Å². The van der Waals surface area contributed by atoms with Crippen LogP contribution in [0.4, 0.5) is 0 Å². The van der Waals surface area contributed by atoms with Gasteiger partial charge >= 0.3 is 5.97 Å². The minimum absolute atomic E-state index is 0.134. The van der Waals surface area contributed by atoms with Gasteiger partial charge in [-0.25, -0.2) is 13.2 Å². The summed E-state index contributed by atoms with van der Waals surface area (Å²) in [4.78, 5) is 11.3. The number of hydrogen-bond donors (Lipinski definition) is 1. The average molecular weight is 323 g/mol. The van der Waals surface area contributed by atoms with Crippen LogP contribution in [-0.2, 0) is 14.8 Å². The first-order chi connectivity index (χ1) is 10.00. The Morgan fingerprint density at radius 1 is 1.19 bits per heavy atom. The summed E-state index contributed by atoms with van der Waals surface area (Å²) in [5.41, 5.74) is 0. The lowest BCUT2D eigenvalue weighted by atomic mass is 10.1. The molecule has 1 aliphatic heterocycles. The topological polar surface area (TPSA) is 74.7 Å². The van der Waals surface area contributed by atoms with Crippen LogP contribution < -0.4 is 0 Å². The molecule has 1 heterocycles. The molecule has 3 rings (SSSR count). The zero-order valence-corrected chi connectivity index (χ0v) is 12.6. The van der Waals surface area contributed by atoms with E-state index in [-0.39, 0.29) is 11.4 Å². The summed E-state index contributed by atoms with van der Waals surface area (Å²) in [6.07, 6.45) is 0. The summed E-state index contributed by atoms with van der Waals surface area (Å²) in [5, 5.41) is 9.86. The van der Waals surface area contributed by atoms with Crippen LogP contribution in [0.25, 0.3) is 10.8 Å². The average Bonchev–Trinajstić information content (AvgIpc) is 2.97. The second-order valence-electron chi connectivity index (χ2n) is 4.69. The van der Waals surface area contributed by atoms with Crippen LogP contribution in [-0.4, -0.2) is 41.5 Å². The molecular formula is C14H13NO4S2. The third-order valence-electron chi connectivity index (χ3n) is 3.39. The number of sulfonamides is 1. The fourth-order valence-electron chi connectivity index (χ4n) is 2.36. The quantitative estimate of drug-likeness (QED) is 0.935. The third-order valence-corrected chi connectivity index (χ3v) is 6.57. The third kappa shape index (κ3) is 2.52. The van der Waals surface area contributed by atoms with E-state index in [0.717, 1.165) is 26.8 Å². The van der Waals surface area contributed by atoms with Crippen LogP contribution in [0.2, 0.25) is 0 Å². The Balaban J connectivity index is 2.05. The molecule has 1 atom stereocenters. The Bertz CT molecular complexity index is 803. The SMILES string of the molecule is O=C(O)C1SCCN1S(=O)(=O)c1ccc2ccccc2c1. The number of carboxylic acid groups (broad SMARTS) is 1. The molecule has 0 amide bonds. The summed E-state index contributed by atoms with van der Waals surface area (Å²) >= 11 is 1.13. The number of carbonyl (C=O) groups is 1. The highest BCUT2D eigenvalue weighted by atomic mass is 32.2. The van der Waals surface area contributed by atoms with Crippen LogP contribution in [0.3, 0.4) is 0 Å². The minimum atomic E-state index is -3.79. The van der Waals surface area contributed by atoms with Crippen molar-refractivity contribution in [2.75, 3.05) is 12.3 Å². The summed E-state index contributed by atoms with van der Waals surface area (Å²) in [5.74, 6) is -0.633. The molecule has 7 heteroatoms. The molecule has 2 aromatic carbocycles. The van der Waals surface area contributed by atoms with Crippen LogP contribution in [0.5, 0.6) is 0 Å². The molecule has 1 saturated heterocycles. The van der Waals surface area contributed by atoms with Gasteiger partial charge in [0.1, 0.15) is 0 Å². The fraction of sp³-hybridized carbons (Fsp3) is 0.214. The van der Waals surface area contributed by atoms with Crippen LogP contribution in [0.1, 0.15) is 0 Å². The van der Waals surface area contributed by atoms with Crippen LogP contribution >= 0.6 is 11.8 Å². The highest BCUT2D eigenvalue weighted by Gasteiger charge is 2.40. The van der Waals surface area contributed by atoms with E-state index in [9.17, 15) is 13.2 Å². The number of thioether (sulfide) groups is 1. The number of rotatable bonds is 3. The number of nitrogens with zero attached hydrogens (tertiary/aromatic N) is 1. The standard InChI is InChI=1S/C14H13NO4S2/c16-14(17)13-15(7-8-20-13)21(18,19)12-6-5-10-3-1-2-4-11(10)9-12/h1-6,9,13H,7-8H2,(H,16,17). The van der Waals surface area contributed by atoms with Crippen molar-refractivity contribution in [3.63, 3.8) is 0 Å². The van der Waals surface area contributed by atoms with E-state index in [1.807, 2.05) is 24.3 Å². The van der Waals surface area contributed by atoms with Gasteiger partial charge < -0.3 is 5.11 Å². The van der Waals surface area contributed by atoms with Gasteiger partial charge in [-0.3, -0.25) is 0 Å². The lowest BCUT2D eigenvalue weighted by molar-refractivity contribution is -0.138. The molecule has 0 spiro atoms. The number of hydrogen-bond acceptors (Lipinski definition) is 4. The zero-order chi connectivity index (χ0) is 15.0. The molecule has 0 saturated carbocycles. The summed E-state index contributed by atoms with van der Waals surface area (Å²) in [7, 11) is -3.79. The lowest BCUT2D eigenvalue weighted by Gasteiger charge is -2.20. The molecule has 2 aromatic rings. The molecule has 5 nitrogen and oxygen atoms in total. The second kappa shape index (κ2) is 5.32. The molecule has 1 aliphatic rings. The molecule has 0 aromatic heterocycles. The highest BCUT2D eigenvalue weighted by molar-refractivity contribution is 8.02. The van der Waals surface area contributed by atoms with Gasteiger partial charge in [0.25, 0.3) is 0 Å². The predicted octanol–water partition coefficient (Wildman–Crippen LogP) is 1.99. The number of fused-ring (bicyclic) bond motifs is 1. The van der Waals surface area contributed by atoms with E-state index < -0.39 is 21.4 Å². The molecule has 0 radical (unpaired) electrons. The maximum atomic E-state index is 12.6. The van der Waals surface area contributed by atoms with E-state index in [1.165, 1.54) is 6.07 Å². The number of carboxylic acids is 1. The van der Waals surface area contributed by atoms with Crippen molar-refractivity contribution in [3.8, 4) is 0 Å². The molecule has 110 valence electrons. The normalized spacial score (nSPS) is 19.9. The zero-order valence-electron chi connectivity index (χ0n) is 11.0. The van der Waals surface area contributed by atoms with Crippen molar-refractivity contribution >= 4 is 38.5 Å². The Labute approximate surface area is 126 Å². The van der Waals surface area contributed by atoms with Crippen molar-refractivity contribution < 1.29 is 18.3 Å². The fourth-order valence-corrected chi connectivity index (χ4v) is 5.40. The molecule has 1 fully saturated rings.